The van der Waals surface area contributed by atoms with E-state index >= 15 is 0 Å². The molecule has 84 valence electrons. The fourth-order valence-corrected chi connectivity index (χ4v) is 2.42. The second kappa shape index (κ2) is 5.23. The normalized spacial score (nSPS) is 14.6. The average Bonchev–Trinajstić information content (AvgIpc) is 2.82. The summed E-state index contributed by atoms with van der Waals surface area (Å²) in [7, 11) is 0. The molecule has 0 saturated heterocycles. The summed E-state index contributed by atoms with van der Waals surface area (Å²) in [6, 6.07) is 10.6. The highest BCUT2D eigenvalue weighted by molar-refractivity contribution is 7.09. The molecular weight excluding hydrogens is 216 g/mol. The van der Waals surface area contributed by atoms with Gasteiger partial charge in [0, 0.05) is 17.1 Å². The predicted molar refractivity (Wildman–Crippen MR) is 68.7 cm³/mol. The number of hydrogen-bond acceptors (Lipinski definition) is 3. The Morgan fingerprint density at radius 3 is 2.69 bits per heavy atom. The summed E-state index contributed by atoms with van der Waals surface area (Å²) in [6.45, 7) is 2.18. The molecule has 0 aliphatic carbocycles. The highest BCUT2D eigenvalue weighted by Crippen LogP contribution is 2.21. The van der Waals surface area contributed by atoms with Gasteiger partial charge in [-0.1, -0.05) is 37.3 Å². The molecule has 1 aromatic heterocycles. The molecule has 0 aliphatic rings. The molecule has 2 rings (SSSR count). The number of thiazole rings is 1. The number of benzene rings is 1. The third-order valence-electron chi connectivity index (χ3n) is 2.89. The third kappa shape index (κ3) is 2.68. The van der Waals surface area contributed by atoms with Gasteiger partial charge in [0.25, 0.3) is 0 Å². The number of hydrogen-bond donors (Lipinski definition) is 1. The van der Waals surface area contributed by atoms with Crippen LogP contribution < -0.4 is 5.73 Å². The Labute approximate surface area is 100 Å². The minimum absolute atomic E-state index is 0.155. The first-order valence-electron chi connectivity index (χ1n) is 5.45. The van der Waals surface area contributed by atoms with E-state index in [1.54, 1.807) is 11.3 Å². The van der Waals surface area contributed by atoms with Crippen LogP contribution in [0.5, 0.6) is 0 Å². The molecule has 16 heavy (non-hydrogen) atoms. The molecule has 0 fully saturated rings. The largest absolute Gasteiger partial charge is 0.327 e. The molecule has 2 unspecified atom stereocenters. The molecular formula is C13H16N2S. The monoisotopic (exact) mass is 232 g/mol. The quantitative estimate of drug-likeness (QED) is 0.880. The van der Waals surface area contributed by atoms with Crippen molar-refractivity contribution in [2.24, 2.45) is 5.73 Å². The number of aromatic nitrogens is 1. The van der Waals surface area contributed by atoms with Crippen LogP contribution >= 0.6 is 11.3 Å². The zero-order valence-corrected chi connectivity index (χ0v) is 10.2. The van der Waals surface area contributed by atoms with Gasteiger partial charge in [-0.25, -0.2) is 0 Å². The van der Waals surface area contributed by atoms with E-state index < -0.39 is 0 Å². The lowest BCUT2D eigenvalue weighted by Gasteiger charge is -2.19. The molecule has 0 amide bonds. The van der Waals surface area contributed by atoms with Gasteiger partial charge in [-0.2, -0.15) is 0 Å². The third-order valence-corrected chi connectivity index (χ3v) is 3.69. The van der Waals surface area contributed by atoms with Crippen molar-refractivity contribution in [2.75, 3.05) is 0 Å². The highest BCUT2D eigenvalue weighted by Gasteiger charge is 2.15. The van der Waals surface area contributed by atoms with Crippen molar-refractivity contribution < 1.29 is 0 Å². The molecule has 0 radical (unpaired) electrons. The SMILES string of the molecule is CC(c1ccccc1)C(N)Cc1cncs1. The van der Waals surface area contributed by atoms with Crippen molar-refractivity contribution >= 4 is 11.3 Å². The van der Waals surface area contributed by atoms with Crippen LogP contribution in [0.2, 0.25) is 0 Å². The van der Waals surface area contributed by atoms with Gasteiger partial charge in [0.1, 0.15) is 0 Å². The van der Waals surface area contributed by atoms with E-state index in [4.69, 9.17) is 5.73 Å². The van der Waals surface area contributed by atoms with Gasteiger partial charge in [-0.05, 0) is 17.9 Å². The standard InChI is InChI=1S/C13H16N2S/c1-10(11-5-3-2-4-6-11)13(14)7-12-8-15-9-16-12/h2-6,8-10,13H,7,14H2,1H3. The van der Waals surface area contributed by atoms with Crippen molar-refractivity contribution in [2.45, 2.75) is 25.3 Å². The van der Waals surface area contributed by atoms with E-state index in [0.29, 0.717) is 5.92 Å². The Bertz CT molecular complexity index is 411. The van der Waals surface area contributed by atoms with E-state index in [9.17, 15) is 0 Å². The number of rotatable bonds is 4. The topological polar surface area (TPSA) is 38.9 Å². The van der Waals surface area contributed by atoms with Gasteiger partial charge < -0.3 is 5.73 Å². The molecule has 0 bridgehead atoms. The minimum Gasteiger partial charge on any atom is -0.327 e. The Morgan fingerprint density at radius 2 is 2.06 bits per heavy atom. The van der Waals surface area contributed by atoms with Crippen molar-refractivity contribution in [3.63, 3.8) is 0 Å². The average molecular weight is 232 g/mol. The van der Waals surface area contributed by atoms with Gasteiger partial charge in [-0.15, -0.1) is 11.3 Å². The van der Waals surface area contributed by atoms with Crippen LogP contribution in [0.4, 0.5) is 0 Å². The van der Waals surface area contributed by atoms with Gasteiger partial charge in [0.15, 0.2) is 0 Å². The Balaban J connectivity index is 2.02. The maximum atomic E-state index is 6.22. The van der Waals surface area contributed by atoms with Crippen molar-refractivity contribution in [3.8, 4) is 0 Å². The molecule has 2 nitrogen and oxygen atoms in total. The van der Waals surface area contributed by atoms with E-state index in [1.165, 1.54) is 10.4 Å². The molecule has 0 saturated carbocycles. The summed E-state index contributed by atoms with van der Waals surface area (Å²) in [5.41, 5.74) is 9.38. The molecule has 3 heteroatoms. The maximum Gasteiger partial charge on any atom is 0.0794 e. The van der Waals surface area contributed by atoms with Crippen LogP contribution in [0.25, 0.3) is 0 Å². The summed E-state index contributed by atoms with van der Waals surface area (Å²) >= 11 is 1.67. The first kappa shape index (κ1) is 11.3. The van der Waals surface area contributed by atoms with Gasteiger partial charge in [0.2, 0.25) is 0 Å². The van der Waals surface area contributed by atoms with Crippen LogP contribution in [0.1, 0.15) is 23.3 Å². The van der Waals surface area contributed by atoms with Crippen LogP contribution in [0.15, 0.2) is 42.0 Å². The van der Waals surface area contributed by atoms with Crippen LogP contribution in [-0.4, -0.2) is 11.0 Å². The van der Waals surface area contributed by atoms with E-state index in [2.05, 4.69) is 36.2 Å². The number of nitrogens with two attached hydrogens (primary N) is 1. The van der Waals surface area contributed by atoms with Crippen LogP contribution in [0.3, 0.4) is 0 Å². The lowest BCUT2D eigenvalue weighted by atomic mass is 9.92. The fourth-order valence-electron chi connectivity index (χ4n) is 1.76. The molecule has 2 atom stereocenters. The van der Waals surface area contributed by atoms with Gasteiger partial charge in [-0.3, -0.25) is 4.98 Å². The Hall–Kier alpha value is -1.19. The van der Waals surface area contributed by atoms with E-state index in [0.717, 1.165) is 6.42 Å². The first-order chi connectivity index (χ1) is 7.77. The molecule has 0 spiro atoms. The Kier molecular flexibility index (Phi) is 3.70. The maximum absolute atomic E-state index is 6.22. The van der Waals surface area contributed by atoms with Crippen molar-refractivity contribution in [1.29, 1.82) is 0 Å². The Morgan fingerprint density at radius 1 is 1.31 bits per heavy atom. The molecule has 2 N–H and O–H groups in total. The summed E-state index contributed by atoms with van der Waals surface area (Å²) in [4.78, 5) is 5.33. The zero-order chi connectivity index (χ0) is 11.4. The van der Waals surface area contributed by atoms with Crippen molar-refractivity contribution in [1.82, 2.24) is 4.98 Å². The zero-order valence-electron chi connectivity index (χ0n) is 9.34. The summed E-state index contributed by atoms with van der Waals surface area (Å²) in [5, 5.41) is 0. The molecule has 2 aromatic rings. The fraction of sp³-hybridized carbons (Fsp3) is 0.308. The van der Waals surface area contributed by atoms with Crippen LogP contribution in [0, 0.1) is 0 Å². The smallest absolute Gasteiger partial charge is 0.0794 e. The highest BCUT2D eigenvalue weighted by atomic mass is 32.1. The summed E-state index contributed by atoms with van der Waals surface area (Å²) < 4.78 is 0. The van der Waals surface area contributed by atoms with Gasteiger partial charge >= 0.3 is 0 Å². The van der Waals surface area contributed by atoms with Gasteiger partial charge in [0.05, 0.1) is 5.51 Å². The minimum atomic E-state index is 0.155. The predicted octanol–water partition coefficient (Wildman–Crippen LogP) is 2.82. The van der Waals surface area contributed by atoms with Crippen LogP contribution in [-0.2, 0) is 6.42 Å². The lowest BCUT2D eigenvalue weighted by Crippen LogP contribution is -2.28. The summed E-state index contributed by atoms with van der Waals surface area (Å²) in [6.07, 6.45) is 2.81. The number of nitrogens with zero attached hydrogens (tertiary/aromatic N) is 1. The van der Waals surface area contributed by atoms with Crippen molar-refractivity contribution in [3.05, 3.63) is 52.5 Å². The van der Waals surface area contributed by atoms with E-state index in [1.807, 2.05) is 17.8 Å². The second-order valence-corrected chi connectivity index (χ2v) is 5.01. The summed E-state index contributed by atoms with van der Waals surface area (Å²) in [5.74, 6) is 0.378. The van der Waals surface area contributed by atoms with E-state index in [-0.39, 0.29) is 6.04 Å². The first-order valence-corrected chi connectivity index (χ1v) is 6.33. The molecule has 1 heterocycles. The molecule has 1 aromatic carbocycles. The lowest BCUT2D eigenvalue weighted by molar-refractivity contribution is 0.567. The second-order valence-electron chi connectivity index (χ2n) is 4.04. The molecule has 0 aliphatic heterocycles.